The van der Waals surface area contributed by atoms with Crippen LogP contribution in [0.25, 0.3) is 4.85 Å². The Labute approximate surface area is 135 Å². The van der Waals surface area contributed by atoms with Crippen LogP contribution >= 0.6 is 0 Å². The van der Waals surface area contributed by atoms with Crippen LogP contribution in [0, 0.1) is 12.5 Å². The maximum Gasteiger partial charge on any atom is 0.293 e. The molecule has 0 aromatic carbocycles. The monoisotopic (exact) mass is 305 g/mol. The van der Waals surface area contributed by atoms with Crippen LogP contribution in [0.1, 0.15) is 52.4 Å². The van der Waals surface area contributed by atoms with Crippen molar-refractivity contribution < 1.29 is 4.74 Å². The third-order valence-electron chi connectivity index (χ3n) is 5.82. The van der Waals surface area contributed by atoms with Gasteiger partial charge < -0.3 is 9.64 Å². The third-order valence-corrected chi connectivity index (χ3v) is 5.82. The maximum absolute atomic E-state index is 7.91. The van der Waals surface area contributed by atoms with E-state index in [0.29, 0.717) is 0 Å². The lowest BCUT2D eigenvalue weighted by Crippen LogP contribution is -2.60. The van der Waals surface area contributed by atoms with E-state index in [-0.39, 0.29) is 11.3 Å². The van der Waals surface area contributed by atoms with Crippen LogP contribution in [0.2, 0.25) is 0 Å². The second kappa shape index (κ2) is 6.47. The summed E-state index contributed by atoms with van der Waals surface area (Å²) in [6.45, 7) is 18.8. The molecule has 2 heterocycles. The predicted molar refractivity (Wildman–Crippen MR) is 88.6 cm³/mol. The molecule has 0 bridgehead atoms. The number of ether oxygens (including phenoxy) is 1. The van der Waals surface area contributed by atoms with Crippen molar-refractivity contribution in [1.82, 2.24) is 9.80 Å². The van der Waals surface area contributed by atoms with Gasteiger partial charge in [-0.3, -0.25) is 4.85 Å². The van der Waals surface area contributed by atoms with E-state index < -0.39 is 0 Å². The van der Waals surface area contributed by atoms with Gasteiger partial charge in [0.25, 0.3) is 5.66 Å². The smallest absolute Gasteiger partial charge is 0.293 e. The van der Waals surface area contributed by atoms with Crippen LogP contribution in [0.5, 0.6) is 0 Å². The van der Waals surface area contributed by atoms with Crippen molar-refractivity contribution in [2.75, 3.05) is 39.3 Å². The van der Waals surface area contributed by atoms with Crippen molar-refractivity contribution in [1.29, 1.82) is 0 Å². The minimum atomic E-state index is -0.285. The van der Waals surface area contributed by atoms with Crippen molar-refractivity contribution in [3.05, 3.63) is 11.4 Å². The van der Waals surface area contributed by atoms with E-state index in [2.05, 4.69) is 28.5 Å². The zero-order valence-electron chi connectivity index (χ0n) is 14.3. The van der Waals surface area contributed by atoms with Gasteiger partial charge in [-0.25, -0.2) is 11.5 Å². The molecule has 22 heavy (non-hydrogen) atoms. The van der Waals surface area contributed by atoms with Crippen LogP contribution < -0.4 is 0 Å². The Bertz CT molecular complexity index is 417. The third kappa shape index (κ3) is 3.18. The first-order valence-electron chi connectivity index (χ1n) is 9.08. The summed E-state index contributed by atoms with van der Waals surface area (Å²) >= 11 is 0. The lowest BCUT2D eigenvalue weighted by Gasteiger charge is -2.46. The molecule has 0 N–H and O–H groups in total. The minimum Gasteiger partial charge on any atom is -0.374 e. The van der Waals surface area contributed by atoms with Crippen LogP contribution in [-0.2, 0) is 4.74 Å². The largest absolute Gasteiger partial charge is 0.374 e. The summed E-state index contributed by atoms with van der Waals surface area (Å²) in [6, 6.07) is 0. The zero-order chi connectivity index (χ0) is 15.6. The Morgan fingerprint density at radius 2 is 1.77 bits per heavy atom. The summed E-state index contributed by atoms with van der Waals surface area (Å²) in [7, 11) is 0. The van der Waals surface area contributed by atoms with Crippen LogP contribution in [0.15, 0.2) is 0 Å². The lowest BCUT2D eigenvalue weighted by atomic mass is 9.83. The normalized spacial score (nSPS) is 33.4. The number of nitrogens with zero attached hydrogens (tertiary/aromatic N) is 3. The number of rotatable bonds is 3. The van der Waals surface area contributed by atoms with Gasteiger partial charge in [0.15, 0.2) is 0 Å². The molecule has 4 heteroatoms. The molecule has 1 spiro atoms. The Balaban J connectivity index is 1.65. The van der Waals surface area contributed by atoms with E-state index in [0.717, 1.165) is 64.4 Å². The van der Waals surface area contributed by atoms with Gasteiger partial charge in [-0.05, 0) is 18.8 Å². The molecule has 4 nitrogen and oxygen atoms in total. The SMILES string of the molecule is [C-]#[N+]C1(N2CCN(CC(C)C)CC2)CCOC2(CCCC2)C1. The molecule has 2 saturated heterocycles. The molecule has 2 aliphatic heterocycles. The summed E-state index contributed by atoms with van der Waals surface area (Å²) in [4.78, 5) is 9.23. The summed E-state index contributed by atoms with van der Waals surface area (Å²) in [5.41, 5.74) is -0.260. The fourth-order valence-corrected chi connectivity index (χ4v) is 4.73. The van der Waals surface area contributed by atoms with Gasteiger partial charge in [-0.1, -0.05) is 26.7 Å². The highest BCUT2D eigenvalue weighted by atomic mass is 16.5. The Hall–Kier alpha value is -0.630. The Morgan fingerprint density at radius 3 is 2.36 bits per heavy atom. The van der Waals surface area contributed by atoms with E-state index in [1.165, 1.54) is 19.4 Å². The second-order valence-corrected chi connectivity index (χ2v) is 7.94. The molecule has 0 amide bonds. The molecular formula is C18H31N3O. The highest BCUT2D eigenvalue weighted by Gasteiger charge is 2.55. The van der Waals surface area contributed by atoms with Crippen molar-refractivity contribution >= 4 is 0 Å². The van der Waals surface area contributed by atoms with E-state index in [1.807, 2.05) is 0 Å². The van der Waals surface area contributed by atoms with Gasteiger partial charge in [-0.2, -0.15) is 0 Å². The van der Waals surface area contributed by atoms with Crippen molar-refractivity contribution in [3.63, 3.8) is 0 Å². The molecule has 0 radical (unpaired) electrons. The standard InChI is InChI=1S/C18H31N3O/c1-16(2)14-20-9-11-21(12-10-20)18(19-3)8-13-22-17(15-18)6-4-5-7-17/h16H,4-15H2,1-2H3. The molecule has 1 unspecified atom stereocenters. The average Bonchev–Trinajstić information content (AvgIpc) is 2.95. The molecule has 3 rings (SSSR count). The van der Waals surface area contributed by atoms with Gasteiger partial charge in [0.2, 0.25) is 0 Å². The molecule has 124 valence electrons. The number of hydrogen-bond donors (Lipinski definition) is 0. The predicted octanol–water partition coefficient (Wildman–Crippen LogP) is 3.00. The molecule has 3 fully saturated rings. The van der Waals surface area contributed by atoms with E-state index in [9.17, 15) is 0 Å². The van der Waals surface area contributed by atoms with Gasteiger partial charge in [0, 0.05) is 32.7 Å². The van der Waals surface area contributed by atoms with E-state index in [1.54, 1.807) is 0 Å². The summed E-state index contributed by atoms with van der Waals surface area (Å²) in [5, 5.41) is 0. The summed E-state index contributed by atoms with van der Waals surface area (Å²) in [5.74, 6) is 0.728. The van der Waals surface area contributed by atoms with Gasteiger partial charge >= 0.3 is 0 Å². The van der Waals surface area contributed by atoms with E-state index >= 15 is 0 Å². The molecule has 3 aliphatic rings. The highest BCUT2D eigenvalue weighted by Crippen LogP contribution is 2.46. The zero-order valence-corrected chi connectivity index (χ0v) is 14.3. The first-order chi connectivity index (χ1) is 10.6. The molecular weight excluding hydrogens is 274 g/mol. The first kappa shape index (κ1) is 16.2. The molecule has 1 atom stereocenters. The number of hydrogen-bond acceptors (Lipinski definition) is 3. The van der Waals surface area contributed by atoms with Crippen LogP contribution in [0.4, 0.5) is 0 Å². The molecule has 0 aromatic heterocycles. The lowest BCUT2D eigenvalue weighted by molar-refractivity contribution is -0.128. The minimum absolute atomic E-state index is 0.0257. The highest BCUT2D eigenvalue weighted by molar-refractivity contribution is 5.08. The van der Waals surface area contributed by atoms with Gasteiger partial charge in [-0.15, -0.1) is 0 Å². The maximum atomic E-state index is 7.91. The Morgan fingerprint density at radius 1 is 1.09 bits per heavy atom. The molecule has 1 aliphatic carbocycles. The van der Waals surface area contributed by atoms with Gasteiger partial charge in [0.05, 0.1) is 25.0 Å². The van der Waals surface area contributed by atoms with Crippen LogP contribution in [-0.4, -0.2) is 60.4 Å². The molecule has 1 saturated carbocycles. The fraction of sp³-hybridized carbons (Fsp3) is 0.944. The van der Waals surface area contributed by atoms with Crippen molar-refractivity contribution in [2.24, 2.45) is 5.92 Å². The first-order valence-corrected chi connectivity index (χ1v) is 9.08. The Kier molecular flexibility index (Phi) is 4.77. The van der Waals surface area contributed by atoms with Gasteiger partial charge in [0.1, 0.15) is 0 Å². The van der Waals surface area contributed by atoms with Crippen molar-refractivity contribution in [2.45, 2.75) is 63.6 Å². The number of piperazine rings is 1. The second-order valence-electron chi connectivity index (χ2n) is 7.94. The average molecular weight is 305 g/mol. The quantitative estimate of drug-likeness (QED) is 0.748. The molecule has 0 aromatic rings. The summed E-state index contributed by atoms with van der Waals surface area (Å²) in [6.07, 6.45) is 6.71. The fourth-order valence-electron chi connectivity index (χ4n) is 4.73. The summed E-state index contributed by atoms with van der Waals surface area (Å²) < 4.78 is 6.17. The van der Waals surface area contributed by atoms with Crippen LogP contribution in [0.3, 0.4) is 0 Å². The van der Waals surface area contributed by atoms with Crippen molar-refractivity contribution in [3.8, 4) is 0 Å². The topological polar surface area (TPSA) is 20.1 Å². The van der Waals surface area contributed by atoms with E-state index in [4.69, 9.17) is 11.3 Å².